The van der Waals surface area contributed by atoms with Crippen LogP contribution in [0.3, 0.4) is 0 Å². The van der Waals surface area contributed by atoms with E-state index in [2.05, 4.69) is 38.0 Å². The SMILES string of the molecule is CCCCn1nc(O)c(CC)c1-c1ccccc1C. The lowest BCUT2D eigenvalue weighted by atomic mass is 10.0. The van der Waals surface area contributed by atoms with Crippen LogP contribution in [0.25, 0.3) is 11.3 Å². The Kier molecular flexibility index (Phi) is 4.25. The fourth-order valence-corrected chi connectivity index (χ4v) is 2.42. The molecule has 0 saturated heterocycles. The zero-order valence-electron chi connectivity index (χ0n) is 12.0. The number of benzene rings is 1. The Morgan fingerprint density at radius 1 is 1.21 bits per heavy atom. The fourth-order valence-electron chi connectivity index (χ4n) is 2.42. The summed E-state index contributed by atoms with van der Waals surface area (Å²) in [4.78, 5) is 0. The van der Waals surface area contributed by atoms with E-state index in [9.17, 15) is 5.11 Å². The van der Waals surface area contributed by atoms with Crippen LogP contribution >= 0.6 is 0 Å². The second-order valence-electron chi connectivity index (χ2n) is 4.90. The number of aromatic nitrogens is 2. The van der Waals surface area contributed by atoms with Crippen LogP contribution in [0.15, 0.2) is 24.3 Å². The summed E-state index contributed by atoms with van der Waals surface area (Å²) in [6.45, 7) is 7.18. The highest BCUT2D eigenvalue weighted by Gasteiger charge is 2.18. The van der Waals surface area contributed by atoms with Gasteiger partial charge in [0.1, 0.15) is 0 Å². The molecule has 19 heavy (non-hydrogen) atoms. The molecule has 0 aliphatic heterocycles. The van der Waals surface area contributed by atoms with E-state index in [-0.39, 0.29) is 5.88 Å². The summed E-state index contributed by atoms with van der Waals surface area (Å²) >= 11 is 0. The lowest BCUT2D eigenvalue weighted by molar-refractivity contribution is 0.431. The van der Waals surface area contributed by atoms with Crippen LogP contribution in [0.2, 0.25) is 0 Å². The molecule has 1 aromatic carbocycles. The number of nitrogens with zero attached hydrogens (tertiary/aromatic N) is 2. The van der Waals surface area contributed by atoms with E-state index in [0.717, 1.165) is 37.1 Å². The molecule has 3 nitrogen and oxygen atoms in total. The lowest BCUT2D eigenvalue weighted by Gasteiger charge is -2.11. The fraction of sp³-hybridized carbons (Fsp3) is 0.438. The second kappa shape index (κ2) is 5.91. The van der Waals surface area contributed by atoms with E-state index in [1.54, 1.807) is 0 Å². The molecule has 0 aliphatic rings. The van der Waals surface area contributed by atoms with E-state index < -0.39 is 0 Å². The van der Waals surface area contributed by atoms with E-state index in [4.69, 9.17) is 0 Å². The molecule has 0 saturated carbocycles. The minimum Gasteiger partial charge on any atom is -0.492 e. The first kappa shape index (κ1) is 13.7. The molecular weight excluding hydrogens is 236 g/mol. The molecule has 0 amide bonds. The Morgan fingerprint density at radius 3 is 2.58 bits per heavy atom. The van der Waals surface area contributed by atoms with Crippen LogP contribution < -0.4 is 0 Å². The van der Waals surface area contributed by atoms with Gasteiger partial charge < -0.3 is 5.11 Å². The van der Waals surface area contributed by atoms with Gasteiger partial charge in [0.05, 0.1) is 5.69 Å². The molecule has 2 aromatic rings. The predicted octanol–water partition coefficient (Wildman–Crippen LogP) is 3.93. The summed E-state index contributed by atoms with van der Waals surface area (Å²) in [5.41, 5.74) is 4.41. The summed E-state index contributed by atoms with van der Waals surface area (Å²) < 4.78 is 1.96. The Labute approximate surface area is 114 Å². The van der Waals surface area contributed by atoms with Gasteiger partial charge in [-0.25, -0.2) is 0 Å². The first-order valence-corrected chi connectivity index (χ1v) is 7.03. The van der Waals surface area contributed by atoms with Crippen molar-refractivity contribution in [3.8, 4) is 17.1 Å². The molecule has 0 unspecified atom stereocenters. The number of hydrogen-bond acceptors (Lipinski definition) is 2. The van der Waals surface area contributed by atoms with Crippen LogP contribution in [0.5, 0.6) is 5.88 Å². The molecule has 0 fully saturated rings. The van der Waals surface area contributed by atoms with Gasteiger partial charge in [0.25, 0.3) is 0 Å². The third-order valence-electron chi connectivity index (χ3n) is 3.51. The lowest BCUT2D eigenvalue weighted by Crippen LogP contribution is -2.03. The average molecular weight is 258 g/mol. The van der Waals surface area contributed by atoms with E-state index >= 15 is 0 Å². The smallest absolute Gasteiger partial charge is 0.234 e. The molecular formula is C16H22N2O. The summed E-state index contributed by atoms with van der Waals surface area (Å²) in [7, 11) is 0. The zero-order valence-corrected chi connectivity index (χ0v) is 12.0. The molecule has 0 aliphatic carbocycles. The van der Waals surface area contributed by atoms with Gasteiger partial charge in [0, 0.05) is 17.7 Å². The summed E-state index contributed by atoms with van der Waals surface area (Å²) in [6, 6.07) is 8.28. The maximum atomic E-state index is 10.0. The molecule has 1 aromatic heterocycles. The van der Waals surface area contributed by atoms with Crippen molar-refractivity contribution in [2.24, 2.45) is 0 Å². The first-order chi connectivity index (χ1) is 9.19. The van der Waals surface area contributed by atoms with Crippen molar-refractivity contribution >= 4 is 0 Å². The van der Waals surface area contributed by atoms with Crippen molar-refractivity contribution in [3.05, 3.63) is 35.4 Å². The van der Waals surface area contributed by atoms with Crippen molar-refractivity contribution in [1.82, 2.24) is 9.78 Å². The van der Waals surface area contributed by atoms with Gasteiger partial charge >= 0.3 is 0 Å². The van der Waals surface area contributed by atoms with Crippen molar-refractivity contribution in [3.63, 3.8) is 0 Å². The van der Waals surface area contributed by atoms with Gasteiger partial charge in [-0.1, -0.05) is 44.5 Å². The van der Waals surface area contributed by atoms with Crippen molar-refractivity contribution < 1.29 is 5.11 Å². The average Bonchev–Trinajstić information content (AvgIpc) is 2.72. The number of aryl methyl sites for hydroxylation is 2. The summed E-state index contributed by atoms with van der Waals surface area (Å²) in [6.07, 6.45) is 2.99. The number of aromatic hydroxyl groups is 1. The van der Waals surface area contributed by atoms with Crippen molar-refractivity contribution in [1.29, 1.82) is 0 Å². The largest absolute Gasteiger partial charge is 0.492 e. The van der Waals surface area contributed by atoms with Gasteiger partial charge in [-0.15, -0.1) is 5.10 Å². The van der Waals surface area contributed by atoms with Crippen LogP contribution in [-0.4, -0.2) is 14.9 Å². The summed E-state index contributed by atoms with van der Waals surface area (Å²) in [5, 5.41) is 14.3. The second-order valence-corrected chi connectivity index (χ2v) is 4.90. The minimum atomic E-state index is 0.178. The molecule has 1 N–H and O–H groups in total. The highest BCUT2D eigenvalue weighted by Crippen LogP contribution is 2.32. The molecule has 3 heteroatoms. The Hall–Kier alpha value is -1.77. The zero-order chi connectivity index (χ0) is 13.8. The quantitative estimate of drug-likeness (QED) is 0.882. The normalized spacial score (nSPS) is 10.9. The van der Waals surface area contributed by atoms with Gasteiger partial charge in [-0.05, 0) is 25.3 Å². The molecule has 0 spiro atoms. The molecule has 0 radical (unpaired) electrons. The van der Waals surface area contributed by atoms with Gasteiger partial charge in [0.15, 0.2) is 0 Å². The highest BCUT2D eigenvalue weighted by atomic mass is 16.3. The van der Waals surface area contributed by atoms with Crippen LogP contribution in [0, 0.1) is 6.92 Å². The Balaban J connectivity index is 2.56. The number of hydrogen-bond donors (Lipinski definition) is 1. The van der Waals surface area contributed by atoms with Gasteiger partial charge in [-0.2, -0.15) is 0 Å². The van der Waals surface area contributed by atoms with Crippen molar-refractivity contribution in [2.75, 3.05) is 0 Å². The molecule has 2 rings (SSSR count). The maximum Gasteiger partial charge on any atom is 0.234 e. The van der Waals surface area contributed by atoms with Gasteiger partial charge in [0.2, 0.25) is 5.88 Å². The molecule has 0 bridgehead atoms. The predicted molar refractivity (Wildman–Crippen MR) is 78.4 cm³/mol. The van der Waals surface area contributed by atoms with Crippen LogP contribution in [0.1, 0.15) is 37.8 Å². The monoisotopic (exact) mass is 258 g/mol. The van der Waals surface area contributed by atoms with Crippen LogP contribution in [0.4, 0.5) is 0 Å². The van der Waals surface area contributed by atoms with Crippen molar-refractivity contribution in [2.45, 2.75) is 46.6 Å². The molecule has 0 atom stereocenters. The topological polar surface area (TPSA) is 38.0 Å². The standard InChI is InChI=1S/C16H22N2O/c1-4-6-11-18-15(13(5-2)16(19)17-18)14-10-8-7-9-12(14)3/h7-10H,4-6,11H2,1-3H3,(H,17,19). The Bertz CT molecular complexity index is 558. The molecule has 102 valence electrons. The number of rotatable bonds is 5. The van der Waals surface area contributed by atoms with E-state index in [1.807, 2.05) is 16.8 Å². The Morgan fingerprint density at radius 2 is 1.95 bits per heavy atom. The first-order valence-electron chi connectivity index (χ1n) is 7.03. The minimum absolute atomic E-state index is 0.178. The third kappa shape index (κ3) is 2.65. The van der Waals surface area contributed by atoms with Crippen LogP contribution in [-0.2, 0) is 13.0 Å². The van der Waals surface area contributed by atoms with E-state index in [0.29, 0.717) is 0 Å². The highest BCUT2D eigenvalue weighted by molar-refractivity contribution is 5.69. The van der Waals surface area contributed by atoms with E-state index in [1.165, 1.54) is 11.1 Å². The summed E-state index contributed by atoms with van der Waals surface area (Å²) in [5.74, 6) is 0.178. The van der Waals surface area contributed by atoms with Gasteiger partial charge in [-0.3, -0.25) is 4.68 Å². The molecule has 1 heterocycles. The third-order valence-corrected chi connectivity index (χ3v) is 3.51. The maximum absolute atomic E-state index is 10.0. The number of unbranched alkanes of at least 4 members (excludes halogenated alkanes) is 1.